The van der Waals surface area contributed by atoms with Crippen LogP contribution >= 0.6 is 0 Å². The molecule has 112 valence electrons. The zero-order chi connectivity index (χ0) is 14.9. The molecule has 1 N–H and O–H groups in total. The number of alkyl halides is 3. The molecule has 20 heavy (non-hydrogen) atoms. The topological polar surface area (TPSA) is 37.4 Å². The summed E-state index contributed by atoms with van der Waals surface area (Å²) < 4.78 is 44.2. The van der Waals surface area contributed by atoms with Crippen LogP contribution in [0.1, 0.15) is 18.9 Å². The number of nitrogens with zero attached hydrogens (tertiary/aromatic N) is 2. The van der Waals surface area contributed by atoms with E-state index >= 15 is 0 Å². The van der Waals surface area contributed by atoms with Crippen molar-refractivity contribution in [1.82, 2.24) is 4.98 Å². The standard InChI is InChI=1S/C13H18F3N3O/c1-8-10(4-5-20-8)19(3)12-7-9(13(14,15)16)6-11(17-2)18-12/h6-8,10H,4-5H2,1-3H3,(H,17,18). The fourth-order valence-electron chi connectivity index (χ4n) is 2.39. The Bertz CT molecular complexity index is 478. The van der Waals surface area contributed by atoms with Crippen molar-refractivity contribution in [1.29, 1.82) is 0 Å². The van der Waals surface area contributed by atoms with E-state index in [2.05, 4.69) is 10.3 Å². The molecule has 0 saturated carbocycles. The van der Waals surface area contributed by atoms with E-state index in [-0.39, 0.29) is 18.0 Å². The van der Waals surface area contributed by atoms with Gasteiger partial charge < -0.3 is 15.0 Å². The van der Waals surface area contributed by atoms with Crippen LogP contribution in [-0.2, 0) is 10.9 Å². The third kappa shape index (κ3) is 2.98. The van der Waals surface area contributed by atoms with Crippen molar-refractivity contribution >= 4 is 11.6 Å². The van der Waals surface area contributed by atoms with E-state index in [9.17, 15) is 13.2 Å². The number of ether oxygens (including phenoxy) is 1. The lowest BCUT2D eigenvalue weighted by molar-refractivity contribution is -0.137. The average molecular weight is 289 g/mol. The first-order valence-corrected chi connectivity index (χ1v) is 6.44. The van der Waals surface area contributed by atoms with E-state index in [1.807, 2.05) is 6.92 Å². The van der Waals surface area contributed by atoms with Gasteiger partial charge in [-0.05, 0) is 25.5 Å². The summed E-state index contributed by atoms with van der Waals surface area (Å²) in [6.07, 6.45) is -3.62. The molecule has 0 spiro atoms. The van der Waals surface area contributed by atoms with Gasteiger partial charge in [-0.2, -0.15) is 13.2 Å². The number of pyridine rings is 1. The maximum atomic E-state index is 12.9. The molecule has 0 aliphatic carbocycles. The second-order valence-corrected chi connectivity index (χ2v) is 4.89. The normalized spacial score (nSPS) is 22.9. The highest BCUT2D eigenvalue weighted by Gasteiger charge is 2.34. The van der Waals surface area contributed by atoms with Crippen molar-refractivity contribution in [2.75, 3.05) is 30.9 Å². The minimum Gasteiger partial charge on any atom is -0.376 e. The SMILES string of the molecule is CNc1cc(C(F)(F)F)cc(N(C)C2CCOC2C)n1. The van der Waals surface area contributed by atoms with Crippen LogP contribution in [0.25, 0.3) is 0 Å². The van der Waals surface area contributed by atoms with Gasteiger partial charge in [0.15, 0.2) is 0 Å². The Morgan fingerprint density at radius 2 is 2.10 bits per heavy atom. The quantitative estimate of drug-likeness (QED) is 0.928. The molecule has 1 saturated heterocycles. The van der Waals surface area contributed by atoms with E-state index in [4.69, 9.17) is 4.74 Å². The molecule has 0 aromatic carbocycles. The molecule has 1 aliphatic rings. The predicted octanol–water partition coefficient (Wildman–Crippen LogP) is 2.76. The molecule has 1 aromatic heterocycles. The lowest BCUT2D eigenvalue weighted by Crippen LogP contribution is -2.37. The van der Waals surface area contributed by atoms with Gasteiger partial charge in [0.25, 0.3) is 0 Å². The second kappa shape index (κ2) is 5.47. The maximum absolute atomic E-state index is 12.9. The van der Waals surface area contributed by atoms with Gasteiger partial charge in [0.05, 0.1) is 17.7 Å². The van der Waals surface area contributed by atoms with E-state index in [0.29, 0.717) is 12.4 Å². The van der Waals surface area contributed by atoms with Crippen LogP contribution in [0.2, 0.25) is 0 Å². The van der Waals surface area contributed by atoms with Crippen LogP contribution in [-0.4, -0.2) is 37.8 Å². The Labute approximate surface area is 115 Å². The summed E-state index contributed by atoms with van der Waals surface area (Å²) in [6, 6.07) is 2.12. The van der Waals surface area contributed by atoms with Crippen LogP contribution < -0.4 is 10.2 Å². The Morgan fingerprint density at radius 3 is 2.60 bits per heavy atom. The zero-order valence-electron chi connectivity index (χ0n) is 11.7. The fourth-order valence-corrected chi connectivity index (χ4v) is 2.39. The van der Waals surface area contributed by atoms with Crippen LogP contribution in [0.5, 0.6) is 0 Å². The van der Waals surface area contributed by atoms with Crippen molar-refractivity contribution in [2.24, 2.45) is 0 Å². The van der Waals surface area contributed by atoms with Crippen LogP contribution in [0.4, 0.5) is 24.8 Å². The lowest BCUT2D eigenvalue weighted by Gasteiger charge is -2.28. The second-order valence-electron chi connectivity index (χ2n) is 4.89. The highest BCUT2D eigenvalue weighted by atomic mass is 19.4. The smallest absolute Gasteiger partial charge is 0.376 e. The van der Waals surface area contributed by atoms with Crippen molar-refractivity contribution in [2.45, 2.75) is 31.7 Å². The lowest BCUT2D eigenvalue weighted by atomic mass is 10.1. The van der Waals surface area contributed by atoms with Gasteiger partial charge >= 0.3 is 6.18 Å². The Morgan fingerprint density at radius 1 is 1.40 bits per heavy atom. The van der Waals surface area contributed by atoms with Gasteiger partial charge in [0.1, 0.15) is 11.6 Å². The number of hydrogen-bond donors (Lipinski definition) is 1. The van der Waals surface area contributed by atoms with Crippen molar-refractivity contribution in [3.05, 3.63) is 17.7 Å². The minimum atomic E-state index is -4.39. The Balaban J connectivity index is 2.35. The fraction of sp³-hybridized carbons (Fsp3) is 0.615. The molecule has 1 aromatic rings. The molecule has 4 nitrogen and oxygen atoms in total. The molecule has 7 heteroatoms. The molecule has 0 radical (unpaired) electrons. The number of halogens is 3. The van der Waals surface area contributed by atoms with Gasteiger partial charge in [-0.25, -0.2) is 4.98 Å². The molecule has 2 rings (SSSR count). The van der Waals surface area contributed by atoms with Crippen LogP contribution in [0.3, 0.4) is 0 Å². The van der Waals surface area contributed by atoms with E-state index in [0.717, 1.165) is 18.6 Å². The molecule has 0 bridgehead atoms. The zero-order valence-corrected chi connectivity index (χ0v) is 11.7. The van der Waals surface area contributed by atoms with Gasteiger partial charge in [-0.1, -0.05) is 0 Å². The number of likely N-dealkylation sites (N-methyl/N-ethyl adjacent to an activating group) is 1. The van der Waals surface area contributed by atoms with Crippen molar-refractivity contribution < 1.29 is 17.9 Å². The average Bonchev–Trinajstić information content (AvgIpc) is 2.82. The van der Waals surface area contributed by atoms with Gasteiger partial charge in [0.2, 0.25) is 0 Å². The summed E-state index contributed by atoms with van der Waals surface area (Å²) in [5, 5.41) is 2.67. The van der Waals surface area contributed by atoms with Gasteiger partial charge in [-0.15, -0.1) is 0 Å². The molecular weight excluding hydrogens is 271 g/mol. The number of aromatic nitrogens is 1. The predicted molar refractivity (Wildman–Crippen MR) is 71.0 cm³/mol. The molecule has 2 heterocycles. The van der Waals surface area contributed by atoms with Crippen molar-refractivity contribution in [3.63, 3.8) is 0 Å². The summed E-state index contributed by atoms with van der Waals surface area (Å²) >= 11 is 0. The van der Waals surface area contributed by atoms with E-state index in [1.165, 1.54) is 0 Å². The molecule has 1 aliphatic heterocycles. The first-order valence-electron chi connectivity index (χ1n) is 6.44. The number of hydrogen-bond acceptors (Lipinski definition) is 4. The highest BCUT2D eigenvalue weighted by molar-refractivity contribution is 5.51. The number of nitrogens with one attached hydrogen (secondary N) is 1. The first kappa shape index (κ1) is 14.9. The third-order valence-electron chi connectivity index (χ3n) is 3.59. The summed E-state index contributed by atoms with van der Waals surface area (Å²) in [5.74, 6) is 0.500. The summed E-state index contributed by atoms with van der Waals surface area (Å²) in [6.45, 7) is 2.54. The Kier molecular flexibility index (Phi) is 4.08. The van der Waals surface area contributed by atoms with Gasteiger partial charge in [0, 0.05) is 20.7 Å². The molecule has 2 unspecified atom stereocenters. The van der Waals surface area contributed by atoms with Crippen molar-refractivity contribution in [3.8, 4) is 0 Å². The molecule has 2 atom stereocenters. The summed E-state index contributed by atoms with van der Waals surface area (Å²) in [7, 11) is 3.30. The summed E-state index contributed by atoms with van der Waals surface area (Å²) in [4.78, 5) is 5.96. The summed E-state index contributed by atoms with van der Waals surface area (Å²) in [5.41, 5.74) is -0.703. The van der Waals surface area contributed by atoms with E-state index < -0.39 is 11.7 Å². The van der Waals surface area contributed by atoms with Crippen LogP contribution in [0, 0.1) is 0 Å². The maximum Gasteiger partial charge on any atom is 0.416 e. The largest absolute Gasteiger partial charge is 0.416 e. The molecule has 0 amide bonds. The monoisotopic (exact) mass is 289 g/mol. The van der Waals surface area contributed by atoms with E-state index in [1.54, 1.807) is 19.0 Å². The van der Waals surface area contributed by atoms with Gasteiger partial charge in [-0.3, -0.25) is 0 Å². The molecular formula is C13H18F3N3O. The first-order chi connectivity index (χ1) is 9.32. The molecule has 1 fully saturated rings. The third-order valence-corrected chi connectivity index (χ3v) is 3.59. The van der Waals surface area contributed by atoms with Crippen LogP contribution in [0.15, 0.2) is 12.1 Å². The number of rotatable bonds is 3. The number of anilines is 2. The highest BCUT2D eigenvalue weighted by Crippen LogP contribution is 2.33. The Hall–Kier alpha value is -1.50. The minimum absolute atomic E-state index is 0.0191.